The van der Waals surface area contributed by atoms with E-state index in [9.17, 15) is 9.59 Å². The summed E-state index contributed by atoms with van der Waals surface area (Å²) in [7, 11) is 0. The van der Waals surface area contributed by atoms with Gasteiger partial charge in [-0.1, -0.05) is 19.9 Å². The molecule has 0 radical (unpaired) electrons. The van der Waals surface area contributed by atoms with Gasteiger partial charge in [0.2, 0.25) is 5.91 Å². The number of carbonyl (C=O) groups is 2. The van der Waals surface area contributed by atoms with Crippen LogP contribution in [0.25, 0.3) is 5.65 Å². The monoisotopic (exact) mass is 355 g/mol. The molecule has 0 aromatic carbocycles. The highest BCUT2D eigenvalue weighted by Gasteiger charge is 2.25. The van der Waals surface area contributed by atoms with Crippen molar-refractivity contribution in [1.29, 1.82) is 0 Å². The van der Waals surface area contributed by atoms with Crippen molar-refractivity contribution in [3.05, 3.63) is 54.4 Å². The van der Waals surface area contributed by atoms with E-state index >= 15 is 0 Å². The molecular formula is C18H21N5O3. The molecule has 3 aromatic rings. The molecule has 0 fully saturated rings. The summed E-state index contributed by atoms with van der Waals surface area (Å²) in [4.78, 5) is 24.6. The molecule has 0 bridgehead atoms. The molecule has 1 unspecified atom stereocenters. The summed E-state index contributed by atoms with van der Waals surface area (Å²) in [6, 6.07) is 8.20. The highest BCUT2D eigenvalue weighted by atomic mass is 16.3. The van der Waals surface area contributed by atoms with Crippen LogP contribution in [0.2, 0.25) is 0 Å². The molecule has 8 nitrogen and oxygen atoms in total. The van der Waals surface area contributed by atoms with E-state index in [1.807, 2.05) is 42.6 Å². The topological polar surface area (TPSA) is 102 Å². The van der Waals surface area contributed by atoms with Crippen LogP contribution < -0.4 is 10.6 Å². The Kier molecular flexibility index (Phi) is 5.31. The molecule has 0 aliphatic carbocycles. The number of carbonyl (C=O) groups excluding carboxylic acids is 2. The van der Waals surface area contributed by atoms with Gasteiger partial charge in [-0.05, 0) is 30.2 Å². The van der Waals surface area contributed by atoms with Gasteiger partial charge in [-0.25, -0.2) is 0 Å². The summed E-state index contributed by atoms with van der Waals surface area (Å²) in [6.45, 7) is 4.14. The van der Waals surface area contributed by atoms with Crippen molar-refractivity contribution in [2.45, 2.75) is 26.3 Å². The van der Waals surface area contributed by atoms with Gasteiger partial charge in [-0.15, -0.1) is 10.2 Å². The second-order valence-electron chi connectivity index (χ2n) is 6.26. The van der Waals surface area contributed by atoms with Gasteiger partial charge in [-0.3, -0.25) is 14.0 Å². The number of rotatable bonds is 7. The van der Waals surface area contributed by atoms with Crippen molar-refractivity contribution < 1.29 is 14.0 Å². The Hall–Kier alpha value is -3.16. The zero-order valence-electron chi connectivity index (χ0n) is 14.7. The van der Waals surface area contributed by atoms with Crippen LogP contribution in [-0.4, -0.2) is 39.0 Å². The lowest BCUT2D eigenvalue weighted by molar-refractivity contribution is -0.123. The predicted molar refractivity (Wildman–Crippen MR) is 94.5 cm³/mol. The Morgan fingerprint density at radius 1 is 1.19 bits per heavy atom. The number of fused-ring (bicyclic) bond motifs is 1. The zero-order chi connectivity index (χ0) is 18.5. The number of hydrogen-bond acceptors (Lipinski definition) is 5. The lowest BCUT2D eigenvalue weighted by Crippen LogP contribution is -2.50. The first-order valence-electron chi connectivity index (χ1n) is 8.47. The van der Waals surface area contributed by atoms with E-state index in [0.29, 0.717) is 13.0 Å². The molecule has 136 valence electrons. The zero-order valence-corrected chi connectivity index (χ0v) is 14.7. The van der Waals surface area contributed by atoms with E-state index < -0.39 is 11.9 Å². The number of nitrogens with zero attached hydrogens (tertiary/aromatic N) is 3. The molecule has 0 spiro atoms. The molecule has 0 saturated carbocycles. The summed E-state index contributed by atoms with van der Waals surface area (Å²) < 4.78 is 6.94. The van der Waals surface area contributed by atoms with Crippen LogP contribution in [0.5, 0.6) is 0 Å². The molecule has 1 atom stereocenters. The smallest absolute Gasteiger partial charge is 0.287 e. The van der Waals surface area contributed by atoms with Crippen molar-refractivity contribution in [1.82, 2.24) is 25.2 Å². The van der Waals surface area contributed by atoms with E-state index in [2.05, 4.69) is 20.8 Å². The highest BCUT2D eigenvalue weighted by Crippen LogP contribution is 2.06. The fourth-order valence-corrected chi connectivity index (χ4v) is 2.62. The summed E-state index contributed by atoms with van der Waals surface area (Å²) in [5, 5.41) is 13.8. The average Bonchev–Trinajstić information content (AvgIpc) is 3.29. The van der Waals surface area contributed by atoms with E-state index in [4.69, 9.17) is 4.42 Å². The highest BCUT2D eigenvalue weighted by molar-refractivity contribution is 5.95. The molecule has 3 heterocycles. The molecule has 0 aliphatic rings. The van der Waals surface area contributed by atoms with Gasteiger partial charge < -0.3 is 15.1 Å². The van der Waals surface area contributed by atoms with Gasteiger partial charge in [-0.2, -0.15) is 0 Å². The number of pyridine rings is 1. The first-order valence-corrected chi connectivity index (χ1v) is 8.47. The third kappa shape index (κ3) is 3.90. The van der Waals surface area contributed by atoms with E-state index in [1.165, 1.54) is 6.26 Å². The average molecular weight is 355 g/mol. The minimum absolute atomic E-state index is 0.0668. The summed E-state index contributed by atoms with van der Waals surface area (Å²) in [6.07, 6.45) is 3.84. The quantitative estimate of drug-likeness (QED) is 0.668. The Balaban J connectivity index is 1.57. The third-order valence-corrected chi connectivity index (χ3v) is 4.01. The Morgan fingerprint density at radius 3 is 2.77 bits per heavy atom. The lowest BCUT2D eigenvalue weighted by Gasteiger charge is -2.21. The fraction of sp³-hybridized carbons (Fsp3) is 0.333. The largest absolute Gasteiger partial charge is 0.459 e. The maximum Gasteiger partial charge on any atom is 0.287 e. The van der Waals surface area contributed by atoms with Crippen LogP contribution in [0.15, 0.2) is 47.2 Å². The molecule has 3 rings (SSSR count). The lowest BCUT2D eigenvalue weighted by atomic mass is 10.0. The second kappa shape index (κ2) is 7.81. The third-order valence-electron chi connectivity index (χ3n) is 4.01. The molecule has 3 aromatic heterocycles. The van der Waals surface area contributed by atoms with Gasteiger partial charge in [0.15, 0.2) is 11.4 Å². The molecule has 2 N–H and O–H groups in total. The standard InChI is InChI=1S/C18H21N5O3/c1-12(2)16(20-17(24)13-6-5-11-26-13)18(25)19-9-8-15-22-21-14-7-3-4-10-23(14)15/h3-7,10-12,16H,8-9H2,1-2H3,(H,19,25)(H,20,24). The number of amides is 2. The molecule has 26 heavy (non-hydrogen) atoms. The summed E-state index contributed by atoms with van der Waals surface area (Å²) in [5.74, 6) is 0.226. The van der Waals surface area contributed by atoms with Crippen molar-refractivity contribution in [3.63, 3.8) is 0 Å². The van der Waals surface area contributed by atoms with Crippen LogP contribution in [0, 0.1) is 5.92 Å². The molecular weight excluding hydrogens is 334 g/mol. The van der Waals surface area contributed by atoms with Crippen LogP contribution >= 0.6 is 0 Å². The van der Waals surface area contributed by atoms with Gasteiger partial charge in [0, 0.05) is 19.2 Å². The second-order valence-corrected chi connectivity index (χ2v) is 6.26. The maximum atomic E-state index is 12.5. The SMILES string of the molecule is CC(C)C(NC(=O)c1ccco1)C(=O)NCCc1nnc2ccccn12. The van der Waals surface area contributed by atoms with E-state index in [1.54, 1.807) is 12.1 Å². The van der Waals surface area contributed by atoms with Crippen LogP contribution in [0.1, 0.15) is 30.2 Å². The predicted octanol–water partition coefficient (Wildman–Crippen LogP) is 1.44. The molecule has 8 heteroatoms. The fourth-order valence-electron chi connectivity index (χ4n) is 2.62. The van der Waals surface area contributed by atoms with Gasteiger partial charge in [0.25, 0.3) is 5.91 Å². The normalized spacial score (nSPS) is 12.3. The minimum atomic E-state index is -0.650. The molecule has 2 amide bonds. The minimum Gasteiger partial charge on any atom is -0.459 e. The van der Waals surface area contributed by atoms with Crippen molar-refractivity contribution in [2.24, 2.45) is 5.92 Å². The van der Waals surface area contributed by atoms with Crippen LogP contribution in [-0.2, 0) is 11.2 Å². The van der Waals surface area contributed by atoms with Crippen LogP contribution in [0.4, 0.5) is 0 Å². The van der Waals surface area contributed by atoms with Crippen LogP contribution in [0.3, 0.4) is 0 Å². The Morgan fingerprint density at radius 2 is 2.04 bits per heavy atom. The number of hydrogen-bond donors (Lipinski definition) is 2. The maximum absolute atomic E-state index is 12.5. The van der Waals surface area contributed by atoms with Gasteiger partial charge in [0.1, 0.15) is 11.9 Å². The van der Waals surface area contributed by atoms with Crippen molar-refractivity contribution in [3.8, 4) is 0 Å². The first kappa shape index (κ1) is 17.7. The number of aromatic nitrogens is 3. The number of furan rings is 1. The van der Waals surface area contributed by atoms with Gasteiger partial charge >= 0.3 is 0 Å². The van der Waals surface area contributed by atoms with E-state index in [0.717, 1.165) is 11.5 Å². The number of nitrogens with one attached hydrogen (secondary N) is 2. The Bertz CT molecular complexity index is 885. The first-order chi connectivity index (χ1) is 12.6. The summed E-state index contributed by atoms with van der Waals surface area (Å²) >= 11 is 0. The van der Waals surface area contributed by atoms with Crippen molar-refractivity contribution in [2.75, 3.05) is 6.54 Å². The Labute approximate surface area is 150 Å². The summed E-state index contributed by atoms with van der Waals surface area (Å²) in [5.41, 5.74) is 0.764. The molecule has 0 aliphatic heterocycles. The molecule has 0 saturated heterocycles. The van der Waals surface area contributed by atoms with Gasteiger partial charge in [0.05, 0.1) is 6.26 Å². The van der Waals surface area contributed by atoms with Crippen molar-refractivity contribution >= 4 is 17.5 Å². The van der Waals surface area contributed by atoms with E-state index in [-0.39, 0.29) is 17.6 Å².